The molecule has 5 heteroatoms. The second-order valence-electron chi connectivity index (χ2n) is 4.68. The van der Waals surface area contributed by atoms with E-state index in [1.165, 1.54) is 0 Å². The van der Waals surface area contributed by atoms with Crippen molar-refractivity contribution in [3.8, 4) is 11.8 Å². The normalized spacial score (nSPS) is 17.1. The molecule has 1 heterocycles. The Morgan fingerprint density at radius 3 is 2.95 bits per heavy atom. The Hall–Kier alpha value is -2.32. The van der Waals surface area contributed by atoms with Gasteiger partial charge in [-0.15, -0.1) is 0 Å². The smallest absolute Gasteiger partial charge is 0.246 e. The zero-order chi connectivity index (χ0) is 14.5. The third-order valence-corrected chi connectivity index (χ3v) is 3.13. The molecule has 0 aromatic heterocycles. The monoisotopic (exact) mass is 271 g/mol. The minimum atomic E-state index is -0.432. The Morgan fingerprint density at radius 1 is 1.55 bits per heavy atom. The van der Waals surface area contributed by atoms with Crippen molar-refractivity contribution >= 4 is 17.5 Å². The minimum Gasteiger partial charge on any atom is -0.344 e. The van der Waals surface area contributed by atoms with Crippen molar-refractivity contribution in [2.45, 2.75) is 25.8 Å². The van der Waals surface area contributed by atoms with Gasteiger partial charge in [-0.3, -0.25) is 9.59 Å². The first-order chi connectivity index (χ1) is 9.60. The fourth-order valence-electron chi connectivity index (χ4n) is 2.07. The Morgan fingerprint density at radius 2 is 2.35 bits per heavy atom. The first-order valence-corrected chi connectivity index (χ1v) is 6.50. The van der Waals surface area contributed by atoms with Crippen LogP contribution in [0.15, 0.2) is 18.2 Å². The van der Waals surface area contributed by atoms with E-state index < -0.39 is 6.04 Å². The zero-order valence-corrected chi connectivity index (χ0v) is 11.3. The van der Waals surface area contributed by atoms with E-state index in [-0.39, 0.29) is 11.8 Å². The molecule has 104 valence electrons. The number of amides is 2. The van der Waals surface area contributed by atoms with Gasteiger partial charge >= 0.3 is 0 Å². The van der Waals surface area contributed by atoms with E-state index in [1.54, 1.807) is 0 Å². The Labute approximate surface area is 117 Å². The topological polar surface area (TPSA) is 84.2 Å². The molecule has 0 radical (unpaired) electrons. The van der Waals surface area contributed by atoms with Crippen LogP contribution < -0.4 is 16.4 Å². The number of anilines is 1. The quantitative estimate of drug-likeness (QED) is 0.686. The van der Waals surface area contributed by atoms with Gasteiger partial charge in [-0.05, 0) is 37.1 Å². The summed E-state index contributed by atoms with van der Waals surface area (Å²) in [6, 6.07) is 5.10. The lowest BCUT2D eigenvalue weighted by Gasteiger charge is -2.13. The van der Waals surface area contributed by atoms with Gasteiger partial charge < -0.3 is 16.4 Å². The third-order valence-electron chi connectivity index (χ3n) is 3.13. The van der Waals surface area contributed by atoms with Crippen molar-refractivity contribution in [3.05, 3.63) is 29.3 Å². The van der Waals surface area contributed by atoms with Crippen LogP contribution in [0.1, 0.15) is 24.0 Å². The second kappa shape index (κ2) is 6.22. The molecule has 1 saturated heterocycles. The van der Waals surface area contributed by atoms with Gasteiger partial charge in [-0.2, -0.15) is 0 Å². The third kappa shape index (κ3) is 3.37. The van der Waals surface area contributed by atoms with E-state index in [0.717, 1.165) is 16.8 Å². The summed E-state index contributed by atoms with van der Waals surface area (Å²) in [5.74, 6) is 5.47. The summed E-state index contributed by atoms with van der Waals surface area (Å²) in [5, 5.41) is 5.47. The Bertz CT molecular complexity index is 599. The van der Waals surface area contributed by atoms with E-state index in [1.807, 2.05) is 25.1 Å². The highest BCUT2D eigenvalue weighted by molar-refractivity contribution is 5.99. The number of carbonyl (C=O) groups is 2. The number of carbonyl (C=O) groups excluding carboxylic acids is 2. The summed E-state index contributed by atoms with van der Waals surface area (Å²) in [5.41, 5.74) is 7.84. The fraction of sp³-hybridized carbons (Fsp3) is 0.333. The standard InChI is InChI=1S/C15H17N3O2/c1-10-9-11(3-2-8-16)4-5-12(10)18-15(20)13-6-7-14(19)17-13/h4-5,9,13H,6-8,16H2,1H3,(H,17,19)(H,18,20). The van der Waals surface area contributed by atoms with Crippen LogP contribution in [0.25, 0.3) is 0 Å². The number of benzene rings is 1. The molecule has 2 rings (SSSR count). The van der Waals surface area contributed by atoms with Crippen molar-refractivity contribution in [1.82, 2.24) is 5.32 Å². The molecule has 0 saturated carbocycles. The van der Waals surface area contributed by atoms with E-state index in [9.17, 15) is 9.59 Å². The molecule has 1 aliphatic rings. The average molecular weight is 271 g/mol. The highest BCUT2D eigenvalue weighted by Gasteiger charge is 2.27. The SMILES string of the molecule is Cc1cc(C#CCN)ccc1NC(=O)C1CCC(=O)N1. The molecule has 5 nitrogen and oxygen atoms in total. The summed E-state index contributed by atoms with van der Waals surface area (Å²) in [7, 11) is 0. The van der Waals surface area contributed by atoms with Crippen molar-refractivity contribution < 1.29 is 9.59 Å². The van der Waals surface area contributed by atoms with Gasteiger partial charge in [0.1, 0.15) is 6.04 Å². The summed E-state index contributed by atoms with van der Waals surface area (Å²) < 4.78 is 0. The molecule has 1 aromatic carbocycles. The van der Waals surface area contributed by atoms with Gasteiger partial charge in [0.05, 0.1) is 6.54 Å². The lowest BCUT2D eigenvalue weighted by Crippen LogP contribution is -2.37. The summed E-state index contributed by atoms with van der Waals surface area (Å²) in [6.07, 6.45) is 0.953. The minimum absolute atomic E-state index is 0.0747. The molecule has 2 amide bonds. The maximum Gasteiger partial charge on any atom is 0.246 e. The van der Waals surface area contributed by atoms with Crippen molar-refractivity contribution in [1.29, 1.82) is 0 Å². The van der Waals surface area contributed by atoms with E-state index in [0.29, 0.717) is 19.4 Å². The number of aryl methyl sites for hydroxylation is 1. The van der Waals surface area contributed by atoms with Crippen molar-refractivity contribution in [2.24, 2.45) is 5.73 Å². The zero-order valence-electron chi connectivity index (χ0n) is 11.3. The van der Waals surface area contributed by atoms with Crippen LogP contribution in [0.3, 0.4) is 0 Å². The molecule has 1 fully saturated rings. The number of nitrogens with one attached hydrogen (secondary N) is 2. The van der Waals surface area contributed by atoms with Crippen LogP contribution in [-0.2, 0) is 9.59 Å². The lowest BCUT2D eigenvalue weighted by molar-refractivity contribution is -0.122. The van der Waals surface area contributed by atoms with Crippen LogP contribution in [0.4, 0.5) is 5.69 Å². The van der Waals surface area contributed by atoms with Gasteiger partial charge in [-0.1, -0.05) is 11.8 Å². The van der Waals surface area contributed by atoms with Crippen LogP contribution in [0.5, 0.6) is 0 Å². The highest BCUT2D eigenvalue weighted by Crippen LogP contribution is 2.17. The molecule has 0 aliphatic carbocycles. The Kier molecular flexibility index (Phi) is 4.38. The largest absolute Gasteiger partial charge is 0.344 e. The first-order valence-electron chi connectivity index (χ1n) is 6.50. The maximum atomic E-state index is 12.0. The summed E-state index contributed by atoms with van der Waals surface area (Å²) in [4.78, 5) is 23.1. The predicted octanol–water partition coefficient (Wildman–Crippen LogP) is 0.522. The van der Waals surface area contributed by atoms with Gasteiger partial charge in [0.15, 0.2) is 0 Å². The molecular weight excluding hydrogens is 254 g/mol. The molecule has 0 spiro atoms. The molecule has 1 aliphatic heterocycles. The predicted molar refractivity (Wildman–Crippen MR) is 76.9 cm³/mol. The highest BCUT2D eigenvalue weighted by atomic mass is 16.2. The van der Waals surface area contributed by atoms with Gasteiger partial charge in [-0.25, -0.2) is 0 Å². The molecule has 1 atom stereocenters. The van der Waals surface area contributed by atoms with Crippen LogP contribution in [0, 0.1) is 18.8 Å². The van der Waals surface area contributed by atoms with Crippen LogP contribution in [-0.4, -0.2) is 24.4 Å². The van der Waals surface area contributed by atoms with Crippen molar-refractivity contribution in [2.75, 3.05) is 11.9 Å². The van der Waals surface area contributed by atoms with Crippen LogP contribution in [0.2, 0.25) is 0 Å². The van der Waals surface area contributed by atoms with Crippen LogP contribution >= 0.6 is 0 Å². The van der Waals surface area contributed by atoms with E-state index >= 15 is 0 Å². The number of rotatable bonds is 2. The summed E-state index contributed by atoms with van der Waals surface area (Å²) in [6.45, 7) is 2.22. The number of hydrogen-bond donors (Lipinski definition) is 3. The van der Waals surface area contributed by atoms with Crippen molar-refractivity contribution in [3.63, 3.8) is 0 Å². The van der Waals surface area contributed by atoms with E-state index in [2.05, 4.69) is 22.5 Å². The molecular formula is C15H17N3O2. The first kappa shape index (κ1) is 14.1. The number of nitrogens with two attached hydrogens (primary N) is 1. The van der Waals surface area contributed by atoms with Gasteiger partial charge in [0.2, 0.25) is 11.8 Å². The molecule has 4 N–H and O–H groups in total. The second-order valence-corrected chi connectivity index (χ2v) is 4.68. The van der Waals surface area contributed by atoms with Gasteiger partial charge in [0.25, 0.3) is 0 Å². The van der Waals surface area contributed by atoms with Gasteiger partial charge in [0, 0.05) is 17.7 Å². The fourth-order valence-corrected chi connectivity index (χ4v) is 2.07. The number of hydrogen-bond acceptors (Lipinski definition) is 3. The molecule has 1 aromatic rings. The lowest BCUT2D eigenvalue weighted by atomic mass is 10.1. The van der Waals surface area contributed by atoms with E-state index in [4.69, 9.17) is 5.73 Å². The molecule has 1 unspecified atom stereocenters. The average Bonchev–Trinajstić information content (AvgIpc) is 2.86. The maximum absolute atomic E-state index is 12.0. The Balaban J connectivity index is 2.06. The molecule has 20 heavy (non-hydrogen) atoms. The summed E-state index contributed by atoms with van der Waals surface area (Å²) >= 11 is 0. The molecule has 0 bridgehead atoms.